The number of quaternary nitrogens is 1. The quantitative estimate of drug-likeness (QED) is 0.757. The van der Waals surface area contributed by atoms with Crippen LogP contribution in [0, 0.1) is 11.1 Å². The van der Waals surface area contributed by atoms with Gasteiger partial charge in [0.1, 0.15) is 11.8 Å². The molecule has 1 heterocycles. The second-order valence-corrected chi connectivity index (χ2v) is 5.64. The SMILES string of the molecule is COc1ccc2c(c1)CCC1C[NH+]([O-])C(C)C(=O)C21. The van der Waals surface area contributed by atoms with E-state index in [2.05, 4.69) is 0 Å². The number of methoxy groups -OCH3 is 1. The van der Waals surface area contributed by atoms with Crippen LogP contribution in [0.1, 0.15) is 30.4 Å². The lowest BCUT2D eigenvalue weighted by atomic mass is 9.70. The Labute approximate surface area is 112 Å². The molecular formula is C15H19NO3. The van der Waals surface area contributed by atoms with Crippen LogP contribution in [-0.4, -0.2) is 25.5 Å². The topological polar surface area (TPSA) is 53.8 Å². The zero-order chi connectivity index (χ0) is 13.6. The van der Waals surface area contributed by atoms with Crippen LogP contribution in [0.25, 0.3) is 0 Å². The average Bonchev–Trinajstić information content (AvgIpc) is 2.43. The summed E-state index contributed by atoms with van der Waals surface area (Å²) in [7, 11) is 1.65. The Balaban J connectivity index is 2.01. The first-order valence-corrected chi connectivity index (χ1v) is 6.85. The molecule has 0 aromatic heterocycles. The van der Waals surface area contributed by atoms with Crippen LogP contribution in [0.2, 0.25) is 0 Å². The molecule has 4 atom stereocenters. The van der Waals surface area contributed by atoms with E-state index in [0.717, 1.165) is 24.2 Å². The highest BCUT2D eigenvalue weighted by Crippen LogP contribution is 2.39. The summed E-state index contributed by atoms with van der Waals surface area (Å²) >= 11 is 0. The third-order valence-electron chi connectivity index (χ3n) is 4.62. The van der Waals surface area contributed by atoms with Gasteiger partial charge in [-0.2, -0.15) is 0 Å². The maximum Gasteiger partial charge on any atom is 0.197 e. The van der Waals surface area contributed by atoms with Gasteiger partial charge in [0.25, 0.3) is 0 Å². The molecular weight excluding hydrogens is 242 g/mol. The monoisotopic (exact) mass is 261 g/mol. The van der Waals surface area contributed by atoms with E-state index >= 15 is 0 Å². The molecule has 1 aliphatic carbocycles. The minimum absolute atomic E-state index is 0.0812. The molecule has 0 spiro atoms. The van der Waals surface area contributed by atoms with Crippen LogP contribution in [-0.2, 0) is 11.2 Å². The Kier molecular flexibility index (Phi) is 3.07. The summed E-state index contributed by atoms with van der Waals surface area (Å²) in [6.07, 6.45) is 1.86. The summed E-state index contributed by atoms with van der Waals surface area (Å²) in [5.74, 6) is 1.07. The highest BCUT2D eigenvalue weighted by atomic mass is 16.5. The van der Waals surface area contributed by atoms with Crippen LogP contribution in [0.5, 0.6) is 5.75 Å². The molecule has 0 radical (unpaired) electrons. The molecule has 4 heteroatoms. The number of fused-ring (bicyclic) bond motifs is 3. The molecule has 1 aliphatic heterocycles. The molecule has 4 unspecified atom stereocenters. The minimum Gasteiger partial charge on any atom is -0.634 e. The molecule has 19 heavy (non-hydrogen) atoms. The molecule has 0 saturated carbocycles. The van der Waals surface area contributed by atoms with Crippen molar-refractivity contribution in [3.05, 3.63) is 34.5 Å². The Morgan fingerprint density at radius 3 is 2.95 bits per heavy atom. The molecule has 1 N–H and O–H groups in total. The van der Waals surface area contributed by atoms with Crippen LogP contribution >= 0.6 is 0 Å². The van der Waals surface area contributed by atoms with E-state index < -0.39 is 6.04 Å². The molecule has 2 aliphatic rings. The number of hydrogen-bond donors (Lipinski definition) is 1. The highest BCUT2D eigenvalue weighted by Gasteiger charge is 2.44. The van der Waals surface area contributed by atoms with Crippen molar-refractivity contribution in [2.75, 3.05) is 13.7 Å². The summed E-state index contributed by atoms with van der Waals surface area (Å²) in [6.45, 7) is 2.31. The molecule has 1 aromatic rings. The summed E-state index contributed by atoms with van der Waals surface area (Å²) < 4.78 is 5.24. The molecule has 1 aromatic carbocycles. The fraction of sp³-hybridized carbons (Fsp3) is 0.533. The van der Waals surface area contributed by atoms with E-state index in [-0.39, 0.29) is 22.7 Å². The van der Waals surface area contributed by atoms with Crippen LogP contribution < -0.4 is 9.80 Å². The number of carbonyl (C=O) groups is 1. The number of nitrogens with one attached hydrogen (secondary N) is 1. The van der Waals surface area contributed by atoms with E-state index in [0.29, 0.717) is 6.54 Å². The van der Waals surface area contributed by atoms with Gasteiger partial charge in [-0.15, -0.1) is 0 Å². The smallest absolute Gasteiger partial charge is 0.197 e. The zero-order valence-corrected chi connectivity index (χ0v) is 11.3. The number of hydroxylamine groups is 2. The van der Waals surface area contributed by atoms with Crippen LogP contribution in [0.3, 0.4) is 0 Å². The van der Waals surface area contributed by atoms with Crippen molar-refractivity contribution in [1.29, 1.82) is 0 Å². The summed E-state index contributed by atoms with van der Waals surface area (Å²) in [4.78, 5) is 12.4. The van der Waals surface area contributed by atoms with Gasteiger partial charge in [-0.25, -0.2) is 0 Å². The molecule has 1 fully saturated rings. The van der Waals surface area contributed by atoms with Gasteiger partial charge >= 0.3 is 0 Å². The van der Waals surface area contributed by atoms with E-state index in [1.54, 1.807) is 14.0 Å². The molecule has 4 nitrogen and oxygen atoms in total. The van der Waals surface area contributed by atoms with Crippen molar-refractivity contribution in [2.45, 2.75) is 31.7 Å². The first-order chi connectivity index (χ1) is 9.11. The largest absolute Gasteiger partial charge is 0.634 e. The lowest BCUT2D eigenvalue weighted by molar-refractivity contribution is -0.870. The predicted molar refractivity (Wildman–Crippen MR) is 71.2 cm³/mol. The number of rotatable bonds is 1. The summed E-state index contributed by atoms with van der Waals surface area (Å²) in [6, 6.07) is 5.51. The Morgan fingerprint density at radius 2 is 2.21 bits per heavy atom. The molecule has 0 bridgehead atoms. The second kappa shape index (κ2) is 4.62. The average molecular weight is 261 g/mol. The second-order valence-electron chi connectivity index (χ2n) is 5.64. The fourth-order valence-corrected chi connectivity index (χ4v) is 3.46. The maximum absolute atomic E-state index is 12.4. The van der Waals surface area contributed by atoms with E-state index in [9.17, 15) is 10.0 Å². The van der Waals surface area contributed by atoms with Gasteiger partial charge in [-0.3, -0.25) is 4.79 Å². The lowest BCUT2D eigenvalue weighted by Crippen LogP contribution is -3.14. The van der Waals surface area contributed by atoms with Crippen molar-refractivity contribution in [1.82, 2.24) is 0 Å². The predicted octanol–water partition coefficient (Wildman–Crippen LogP) is 0.695. The van der Waals surface area contributed by atoms with E-state index in [4.69, 9.17) is 4.74 Å². The van der Waals surface area contributed by atoms with Gasteiger partial charge in [-0.1, -0.05) is 6.07 Å². The van der Waals surface area contributed by atoms with E-state index in [1.165, 1.54) is 5.56 Å². The van der Waals surface area contributed by atoms with Crippen LogP contribution in [0.15, 0.2) is 18.2 Å². The van der Waals surface area contributed by atoms with Gasteiger partial charge in [-0.05, 0) is 43.0 Å². The fourth-order valence-electron chi connectivity index (χ4n) is 3.46. The van der Waals surface area contributed by atoms with Crippen molar-refractivity contribution in [3.63, 3.8) is 0 Å². The Hall–Kier alpha value is -1.39. The van der Waals surface area contributed by atoms with Crippen molar-refractivity contribution >= 4 is 5.78 Å². The normalized spacial score (nSPS) is 33.5. The summed E-state index contributed by atoms with van der Waals surface area (Å²) in [5, 5.41) is 11.9. The third-order valence-corrected chi connectivity index (χ3v) is 4.62. The third kappa shape index (κ3) is 1.95. The molecule has 1 saturated heterocycles. The highest BCUT2D eigenvalue weighted by molar-refractivity contribution is 5.90. The zero-order valence-electron chi connectivity index (χ0n) is 11.3. The van der Waals surface area contributed by atoms with Gasteiger partial charge in [0, 0.05) is 5.92 Å². The number of benzene rings is 1. The minimum atomic E-state index is -0.436. The number of aryl methyl sites for hydroxylation is 1. The van der Waals surface area contributed by atoms with Gasteiger partial charge in [0.15, 0.2) is 5.78 Å². The van der Waals surface area contributed by atoms with Crippen molar-refractivity contribution < 1.29 is 14.6 Å². The van der Waals surface area contributed by atoms with Crippen LogP contribution in [0.4, 0.5) is 0 Å². The number of piperidine rings is 1. The lowest BCUT2D eigenvalue weighted by Gasteiger charge is -2.43. The maximum atomic E-state index is 12.4. The standard InChI is InChI=1S/C15H19NO3/c1-9-15(17)14-11(8-16(9)18)4-3-10-7-12(19-2)5-6-13(10)14/h5-7,9,11,14,16H,3-4,8H2,1-2H3. The Morgan fingerprint density at radius 1 is 1.42 bits per heavy atom. The number of hydrogen-bond acceptors (Lipinski definition) is 3. The number of ketones is 1. The summed E-state index contributed by atoms with van der Waals surface area (Å²) in [5.41, 5.74) is 2.32. The van der Waals surface area contributed by atoms with Gasteiger partial charge in [0.2, 0.25) is 0 Å². The van der Waals surface area contributed by atoms with Gasteiger partial charge < -0.3 is 15.0 Å². The number of Topliss-reactive ketones (excluding diaryl/α,β-unsaturated/α-hetero) is 1. The van der Waals surface area contributed by atoms with E-state index in [1.807, 2.05) is 18.2 Å². The number of carbonyl (C=O) groups excluding carboxylic acids is 1. The van der Waals surface area contributed by atoms with Crippen molar-refractivity contribution in [2.24, 2.45) is 5.92 Å². The molecule has 3 rings (SSSR count). The molecule has 0 amide bonds. The first-order valence-electron chi connectivity index (χ1n) is 6.85. The Bertz CT molecular complexity index is 514. The first kappa shape index (κ1) is 12.6. The molecule has 102 valence electrons. The van der Waals surface area contributed by atoms with Crippen molar-refractivity contribution in [3.8, 4) is 5.75 Å². The van der Waals surface area contributed by atoms with Gasteiger partial charge in [0.05, 0.1) is 19.6 Å². The number of ether oxygens (including phenoxy) is 1.